The average Bonchev–Trinajstić information content (AvgIpc) is 2.87. The molecule has 2 aromatic carbocycles. The first kappa shape index (κ1) is 28.2. The Kier molecular flexibility index (Phi) is 9.44. The molecular weight excluding hydrogens is 518 g/mol. The second kappa shape index (κ2) is 12.7. The number of nitrogens with zero attached hydrogens (tertiary/aromatic N) is 4. The number of rotatable bonds is 8. The van der Waals surface area contributed by atoms with Gasteiger partial charge in [-0.25, -0.2) is 27.2 Å². The third kappa shape index (κ3) is 9.24. The van der Waals surface area contributed by atoms with Crippen molar-refractivity contribution in [3.63, 3.8) is 0 Å². The molecule has 0 unspecified atom stereocenters. The van der Waals surface area contributed by atoms with Gasteiger partial charge in [0, 0.05) is 0 Å². The molecule has 2 heterocycles. The lowest BCUT2D eigenvalue weighted by Gasteiger charge is -2.08. The van der Waals surface area contributed by atoms with Gasteiger partial charge in [0.15, 0.2) is 23.3 Å². The van der Waals surface area contributed by atoms with Crippen LogP contribution in [0.5, 0.6) is 12.0 Å². The molecule has 13 heteroatoms. The first-order chi connectivity index (χ1) is 18.0. The van der Waals surface area contributed by atoms with Crippen LogP contribution in [0.3, 0.4) is 0 Å². The number of ether oxygens (including phenoxy) is 2. The third-order valence-corrected chi connectivity index (χ3v) is 5.29. The van der Waals surface area contributed by atoms with Crippen molar-refractivity contribution in [1.82, 2.24) is 19.9 Å². The Morgan fingerprint density at radius 3 is 1.68 bits per heavy atom. The molecule has 0 atom stereocenters. The lowest BCUT2D eigenvalue weighted by atomic mass is 10.2. The van der Waals surface area contributed by atoms with Crippen molar-refractivity contribution in [2.45, 2.75) is 27.1 Å². The number of benzene rings is 2. The highest BCUT2D eigenvalue weighted by atomic mass is 32.2. The van der Waals surface area contributed by atoms with Crippen LogP contribution in [0.15, 0.2) is 60.9 Å². The van der Waals surface area contributed by atoms with Gasteiger partial charge in [0.2, 0.25) is 10.0 Å². The maximum atomic E-state index is 13.4. The van der Waals surface area contributed by atoms with Crippen molar-refractivity contribution in [2.24, 2.45) is 0 Å². The van der Waals surface area contributed by atoms with Crippen molar-refractivity contribution in [1.29, 1.82) is 0 Å². The van der Waals surface area contributed by atoms with Crippen LogP contribution < -0.4 is 19.9 Å². The van der Waals surface area contributed by atoms with Crippen molar-refractivity contribution in [3.8, 4) is 12.0 Å². The van der Waals surface area contributed by atoms with E-state index in [9.17, 15) is 17.2 Å². The number of nitrogen functional groups attached to an aromatic ring is 1. The van der Waals surface area contributed by atoms with E-state index in [4.69, 9.17) is 15.2 Å². The first-order valence-corrected chi connectivity index (χ1v) is 13.0. The summed E-state index contributed by atoms with van der Waals surface area (Å²) in [5, 5.41) is 0. The van der Waals surface area contributed by atoms with Gasteiger partial charge in [-0.15, -0.1) is 0 Å². The molecule has 2 aromatic heterocycles. The quantitative estimate of drug-likeness (QED) is 0.337. The molecule has 38 heavy (non-hydrogen) atoms. The number of nitrogens with one attached hydrogen (secondary N) is 1. The Hall–Kier alpha value is -4.39. The first-order valence-electron chi connectivity index (χ1n) is 11.1. The Morgan fingerprint density at radius 2 is 1.24 bits per heavy atom. The second-order valence-corrected chi connectivity index (χ2v) is 9.91. The molecule has 200 valence electrons. The number of hydrogen-bond acceptors (Lipinski definition) is 9. The molecule has 0 bridgehead atoms. The van der Waals surface area contributed by atoms with Crippen LogP contribution in [-0.4, -0.2) is 34.6 Å². The van der Waals surface area contributed by atoms with E-state index in [-0.39, 0.29) is 24.4 Å². The zero-order valence-corrected chi connectivity index (χ0v) is 21.7. The van der Waals surface area contributed by atoms with E-state index >= 15 is 0 Å². The minimum atomic E-state index is -3.62. The van der Waals surface area contributed by atoms with Crippen LogP contribution in [0.2, 0.25) is 0 Å². The average molecular weight is 545 g/mol. The SMILES string of the molecule is Cc1ccc(COc2ncc(F)c(N)n2)cc1.Cc1ccc(COc2ncc(F)c(NS(C)(=O)=O)n2)cc1. The van der Waals surface area contributed by atoms with Crippen LogP contribution in [0.1, 0.15) is 22.3 Å². The molecule has 0 saturated heterocycles. The molecule has 4 aromatic rings. The van der Waals surface area contributed by atoms with Gasteiger partial charge in [-0.3, -0.25) is 4.72 Å². The fraction of sp³-hybridized carbons (Fsp3) is 0.200. The van der Waals surface area contributed by atoms with Crippen LogP contribution in [-0.2, 0) is 23.2 Å². The molecule has 0 spiro atoms. The normalized spacial score (nSPS) is 10.8. The highest BCUT2D eigenvalue weighted by Crippen LogP contribution is 2.16. The molecule has 0 aliphatic heterocycles. The maximum absolute atomic E-state index is 13.4. The maximum Gasteiger partial charge on any atom is 0.318 e. The predicted octanol–water partition coefficient (Wildman–Crippen LogP) is 3.96. The summed E-state index contributed by atoms with van der Waals surface area (Å²) in [4.78, 5) is 14.7. The summed E-state index contributed by atoms with van der Waals surface area (Å²) < 4.78 is 61.0. The lowest BCUT2D eigenvalue weighted by molar-refractivity contribution is 0.280. The fourth-order valence-corrected chi connectivity index (χ4v) is 3.26. The monoisotopic (exact) mass is 544 g/mol. The Labute approximate surface area is 219 Å². The van der Waals surface area contributed by atoms with Gasteiger partial charge in [0.1, 0.15) is 13.2 Å². The lowest BCUT2D eigenvalue weighted by Crippen LogP contribution is -2.13. The van der Waals surface area contributed by atoms with Gasteiger partial charge >= 0.3 is 12.0 Å². The zero-order chi connectivity index (χ0) is 27.7. The van der Waals surface area contributed by atoms with Gasteiger partial charge in [0.05, 0.1) is 18.6 Å². The molecule has 0 amide bonds. The number of aryl methyl sites for hydroxylation is 2. The second-order valence-electron chi connectivity index (χ2n) is 8.16. The predicted molar refractivity (Wildman–Crippen MR) is 138 cm³/mol. The van der Waals surface area contributed by atoms with Crippen molar-refractivity contribution in [2.75, 3.05) is 16.7 Å². The molecule has 10 nitrogen and oxygen atoms in total. The van der Waals surface area contributed by atoms with E-state index in [1.807, 2.05) is 67.1 Å². The van der Waals surface area contributed by atoms with E-state index in [1.54, 1.807) is 0 Å². The van der Waals surface area contributed by atoms with E-state index in [0.29, 0.717) is 6.61 Å². The Morgan fingerprint density at radius 1 is 0.789 bits per heavy atom. The molecule has 0 aliphatic carbocycles. The van der Waals surface area contributed by atoms with Crippen LogP contribution in [0, 0.1) is 25.5 Å². The van der Waals surface area contributed by atoms with Gasteiger partial charge in [-0.1, -0.05) is 59.7 Å². The van der Waals surface area contributed by atoms with Gasteiger partial charge in [0.25, 0.3) is 0 Å². The Balaban J connectivity index is 0.000000215. The van der Waals surface area contributed by atoms with E-state index in [0.717, 1.165) is 35.3 Å². The largest absolute Gasteiger partial charge is 0.459 e. The summed E-state index contributed by atoms with van der Waals surface area (Å²) in [6.45, 7) is 4.50. The summed E-state index contributed by atoms with van der Waals surface area (Å²) >= 11 is 0. The number of sulfonamides is 1. The van der Waals surface area contributed by atoms with Crippen LogP contribution in [0.4, 0.5) is 20.4 Å². The molecule has 3 N–H and O–H groups in total. The number of nitrogens with two attached hydrogens (primary N) is 1. The zero-order valence-electron chi connectivity index (χ0n) is 20.9. The van der Waals surface area contributed by atoms with Crippen LogP contribution in [0.25, 0.3) is 0 Å². The summed E-state index contributed by atoms with van der Waals surface area (Å²) in [6.07, 6.45) is 2.75. The Bertz CT molecular complexity index is 1470. The van der Waals surface area contributed by atoms with E-state index < -0.39 is 27.5 Å². The number of aromatic nitrogens is 4. The van der Waals surface area contributed by atoms with Gasteiger partial charge < -0.3 is 15.2 Å². The standard InChI is InChI=1S/C13H14FN3O3S.C12H12FN3O/c1-9-3-5-10(6-4-9)8-20-13-15-7-11(14)12(16-13)17-21(2,18)19;1-8-2-4-9(5-3-8)7-17-12-15-6-10(13)11(14)16-12/h3-7H,8H2,1-2H3,(H,15,16,17);2-6H,7H2,1H3,(H2,14,15,16). The van der Waals surface area contributed by atoms with Crippen LogP contribution >= 0.6 is 0 Å². The van der Waals surface area contributed by atoms with Crippen molar-refractivity contribution in [3.05, 3.63) is 94.8 Å². The molecule has 0 aliphatic rings. The van der Waals surface area contributed by atoms with Gasteiger partial charge in [-0.05, 0) is 25.0 Å². The number of halogens is 2. The molecule has 0 fully saturated rings. The summed E-state index contributed by atoms with van der Waals surface area (Å²) in [6, 6.07) is 15.5. The number of hydrogen-bond donors (Lipinski definition) is 2. The summed E-state index contributed by atoms with van der Waals surface area (Å²) in [5.41, 5.74) is 9.48. The molecule has 0 radical (unpaired) electrons. The summed E-state index contributed by atoms with van der Waals surface area (Å²) in [7, 11) is -3.62. The minimum absolute atomic E-state index is 0.0736. The number of anilines is 2. The fourth-order valence-electron chi connectivity index (χ4n) is 2.76. The highest BCUT2D eigenvalue weighted by Gasteiger charge is 2.12. The molecule has 0 saturated carbocycles. The molecular formula is C25H26F2N6O4S. The van der Waals surface area contributed by atoms with Crippen molar-refractivity contribution < 1.29 is 26.7 Å². The smallest absolute Gasteiger partial charge is 0.318 e. The molecule has 4 rings (SSSR count). The van der Waals surface area contributed by atoms with E-state index in [2.05, 4.69) is 19.9 Å². The third-order valence-electron chi connectivity index (χ3n) is 4.73. The topological polar surface area (TPSA) is 142 Å². The van der Waals surface area contributed by atoms with E-state index in [1.165, 1.54) is 5.56 Å². The summed E-state index contributed by atoms with van der Waals surface area (Å²) in [5.74, 6) is -2.17. The minimum Gasteiger partial charge on any atom is -0.459 e. The van der Waals surface area contributed by atoms with Gasteiger partial charge in [-0.2, -0.15) is 9.97 Å². The highest BCUT2D eigenvalue weighted by molar-refractivity contribution is 7.92. The van der Waals surface area contributed by atoms with Crippen molar-refractivity contribution >= 4 is 21.7 Å².